The quantitative estimate of drug-likeness (QED) is 0.727. The first kappa shape index (κ1) is 15.4. The van der Waals surface area contributed by atoms with E-state index in [1.165, 1.54) is 16.5 Å². The Morgan fingerprint density at radius 2 is 1.96 bits per heavy atom. The van der Waals surface area contributed by atoms with Crippen molar-refractivity contribution < 1.29 is 0 Å². The Morgan fingerprint density at radius 3 is 2.79 bits per heavy atom. The summed E-state index contributed by atoms with van der Waals surface area (Å²) >= 11 is 0. The van der Waals surface area contributed by atoms with Crippen molar-refractivity contribution in [1.82, 2.24) is 19.5 Å². The molecule has 0 bridgehead atoms. The number of anilines is 1. The Labute approximate surface area is 142 Å². The Balaban J connectivity index is 1.91. The largest absolute Gasteiger partial charge is 0.339 e. The SMILES string of the molecule is CCc1ccc2nc(N3CCCN(C)CC3)n3nc(C)cc3c2c1. The maximum Gasteiger partial charge on any atom is 0.227 e. The molecule has 0 saturated carbocycles. The van der Waals surface area contributed by atoms with Gasteiger partial charge in [0.05, 0.1) is 16.7 Å². The van der Waals surface area contributed by atoms with E-state index in [-0.39, 0.29) is 0 Å². The molecule has 0 spiro atoms. The summed E-state index contributed by atoms with van der Waals surface area (Å²) in [5.41, 5.74) is 4.61. The summed E-state index contributed by atoms with van der Waals surface area (Å²) < 4.78 is 2.04. The number of hydrogen-bond donors (Lipinski definition) is 0. The highest BCUT2D eigenvalue weighted by atomic mass is 15.4. The monoisotopic (exact) mass is 323 g/mol. The topological polar surface area (TPSA) is 36.7 Å². The molecule has 1 fully saturated rings. The van der Waals surface area contributed by atoms with Crippen LogP contribution in [0.5, 0.6) is 0 Å². The van der Waals surface area contributed by atoms with Crippen molar-refractivity contribution in [3.05, 3.63) is 35.5 Å². The number of aryl methyl sites for hydroxylation is 2. The van der Waals surface area contributed by atoms with Crippen molar-refractivity contribution in [3.8, 4) is 0 Å². The lowest BCUT2D eigenvalue weighted by atomic mass is 10.1. The van der Waals surface area contributed by atoms with E-state index in [0.29, 0.717) is 0 Å². The molecule has 1 aliphatic rings. The number of rotatable bonds is 2. The Kier molecular flexibility index (Phi) is 3.88. The summed E-state index contributed by atoms with van der Waals surface area (Å²) in [6, 6.07) is 8.79. The minimum Gasteiger partial charge on any atom is -0.339 e. The highest BCUT2D eigenvalue weighted by Crippen LogP contribution is 2.26. The number of hydrogen-bond acceptors (Lipinski definition) is 4. The van der Waals surface area contributed by atoms with Gasteiger partial charge in [0.1, 0.15) is 0 Å². The summed E-state index contributed by atoms with van der Waals surface area (Å²) in [6.07, 6.45) is 2.20. The average molecular weight is 323 g/mol. The van der Waals surface area contributed by atoms with Gasteiger partial charge in [-0.05, 0) is 57.1 Å². The molecular formula is C19H25N5. The molecule has 0 radical (unpaired) electrons. The van der Waals surface area contributed by atoms with Gasteiger partial charge < -0.3 is 9.80 Å². The van der Waals surface area contributed by atoms with Gasteiger partial charge in [-0.25, -0.2) is 4.98 Å². The lowest BCUT2D eigenvalue weighted by Crippen LogP contribution is -2.31. The lowest BCUT2D eigenvalue weighted by Gasteiger charge is -2.22. The fraction of sp³-hybridized carbons (Fsp3) is 0.474. The van der Waals surface area contributed by atoms with Gasteiger partial charge in [-0.15, -0.1) is 0 Å². The standard InChI is InChI=1S/C19H25N5/c1-4-15-6-7-17-16(13-15)18-12-14(2)21-24(18)19(20-17)23-9-5-8-22(3)10-11-23/h6-7,12-13H,4-5,8-11H2,1-3H3. The van der Waals surface area contributed by atoms with Gasteiger partial charge in [-0.3, -0.25) is 0 Å². The first-order valence-corrected chi connectivity index (χ1v) is 8.88. The highest BCUT2D eigenvalue weighted by Gasteiger charge is 2.19. The Hall–Kier alpha value is -2.14. The van der Waals surface area contributed by atoms with Gasteiger partial charge >= 0.3 is 0 Å². The van der Waals surface area contributed by atoms with E-state index in [1.807, 2.05) is 4.52 Å². The zero-order valence-corrected chi connectivity index (χ0v) is 14.8. The van der Waals surface area contributed by atoms with Crippen molar-refractivity contribution >= 4 is 22.4 Å². The van der Waals surface area contributed by atoms with Crippen molar-refractivity contribution in [2.24, 2.45) is 0 Å². The molecule has 0 atom stereocenters. The van der Waals surface area contributed by atoms with Crippen molar-refractivity contribution in [3.63, 3.8) is 0 Å². The molecule has 0 aliphatic carbocycles. The smallest absolute Gasteiger partial charge is 0.227 e. The van der Waals surface area contributed by atoms with Crippen LogP contribution in [0.2, 0.25) is 0 Å². The molecule has 126 valence electrons. The number of aromatic nitrogens is 3. The van der Waals surface area contributed by atoms with Gasteiger partial charge in [0.15, 0.2) is 0 Å². The van der Waals surface area contributed by atoms with Gasteiger partial charge in [0.25, 0.3) is 0 Å². The van der Waals surface area contributed by atoms with Gasteiger partial charge in [-0.1, -0.05) is 13.0 Å². The van der Waals surface area contributed by atoms with E-state index in [2.05, 4.69) is 55.0 Å². The van der Waals surface area contributed by atoms with Crippen LogP contribution in [0, 0.1) is 6.92 Å². The molecule has 1 aromatic carbocycles. The van der Waals surface area contributed by atoms with Crippen molar-refractivity contribution in [2.75, 3.05) is 38.1 Å². The minimum absolute atomic E-state index is 0.977. The number of likely N-dealkylation sites (N-methyl/N-ethyl adjacent to an activating group) is 1. The van der Waals surface area contributed by atoms with Gasteiger partial charge in [-0.2, -0.15) is 9.61 Å². The van der Waals surface area contributed by atoms with Crippen LogP contribution in [-0.4, -0.2) is 52.7 Å². The Morgan fingerprint density at radius 1 is 1.08 bits per heavy atom. The first-order chi connectivity index (χ1) is 11.7. The lowest BCUT2D eigenvalue weighted by molar-refractivity contribution is 0.360. The molecule has 1 aliphatic heterocycles. The van der Waals surface area contributed by atoms with E-state index >= 15 is 0 Å². The van der Waals surface area contributed by atoms with Crippen LogP contribution in [0.15, 0.2) is 24.3 Å². The summed E-state index contributed by atoms with van der Waals surface area (Å²) in [5, 5.41) is 5.94. The minimum atomic E-state index is 0.977. The summed E-state index contributed by atoms with van der Waals surface area (Å²) in [5.74, 6) is 0.977. The normalized spacial score (nSPS) is 16.9. The highest BCUT2D eigenvalue weighted by molar-refractivity contribution is 5.95. The van der Waals surface area contributed by atoms with Crippen LogP contribution in [-0.2, 0) is 6.42 Å². The first-order valence-electron chi connectivity index (χ1n) is 8.88. The van der Waals surface area contributed by atoms with E-state index in [1.54, 1.807) is 0 Å². The van der Waals surface area contributed by atoms with Crippen molar-refractivity contribution in [1.29, 1.82) is 0 Å². The van der Waals surface area contributed by atoms with Crippen LogP contribution >= 0.6 is 0 Å². The average Bonchev–Trinajstić information content (AvgIpc) is 2.85. The molecule has 1 saturated heterocycles. The molecule has 0 N–H and O–H groups in total. The maximum absolute atomic E-state index is 4.99. The fourth-order valence-corrected chi connectivity index (χ4v) is 3.56. The second-order valence-corrected chi connectivity index (χ2v) is 6.84. The van der Waals surface area contributed by atoms with Crippen LogP contribution < -0.4 is 4.90 Å². The molecule has 24 heavy (non-hydrogen) atoms. The number of fused-ring (bicyclic) bond motifs is 3. The van der Waals surface area contributed by atoms with Crippen LogP contribution in [0.1, 0.15) is 24.6 Å². The summed E-state index contributed by atoms with van der Waals surface area (Å²) in [4.78, 5) is 9.76. The molecule has 5 nitrogen and oxygen atoms in total. The third-order valence-corrected chi connectivity index (χ3v) is 4.99. The van der Waals surface area contributed by atoms with Crippen LogP contribution in [0.4, 0.5) is 5.95 Å². The van der Waals surface area contributed by atoms with Crippen molar-refractivity contribution in [2.45, 2.75) is 26.7 Å². The third-order valence-electron chi connectivity index (χ3n) is 4.99. The fourth-order valence-electron chi connectivity index (χ4n) is 3.56. The maximum atomic E-state index is 4.99. The van der Waals surface area contributed by atoms with Gasteiger partial charge in [0, 0.05) is 25.0 Å². The predicted octanol–water partition coefficient (Wildman–Crippen LogP) is 2.90. The molecule has 0 amide bonds. The molecule has 3 heterocycles. The van der Waals surface area contributed by atoms with E-state index < -0.39 is 0 Å². The molecule has 5 heteroatoms. The molecule has 3 aromatic rings. The zero-order chi connectivity index (χ0) is 16.7. The van der Waals surface area contributed by atoms with Gasteiger partial charge in [0.2, 0.25) is 5.95 Å². The van der Waals surface area contributed by atoms with Crippen LogP contribution in [0.3, 0.4) is 0 Å². The van der Waals surface area contributed by atoms with Crippen LogP contribution in [0.25, 0.3) is 16.4 Å². The molecular weight excluding hydrogens is 298 g/mol. The molecule has 4 rings (SSSR count). The van der Waals surface area contributed by atoms with E-state index in [0.717, 1.165) is 56.2 Å². The summed E-state index contributed by atoms with van der Waals surface area (Å²) in [6.45, 7) is 8.49. The second kappa shape index (κ2) is 6.06. The third kappa shape index (κ3) is 2.63. The van der Waals surface area contributed by atoms with E-state index in [9.17, 15) is 0 Å². The molecule has 0 unspecified atom stereocenters. The predicted molar refractivity (Wildman–Crippen MR) is 98.9 cm³/mol. The number of nitrogens with zero attached hydrogens (tertiary/aromatic N) is 5. The second-order valence-electron chi connectivity index (χ2n) is 6.84. The van der Waals surface area contributed by atoms with E-state index in [4.69, 9.17) is 10.1 Å². The number of benzene rings is 1. The Bertz CT molecular complexity index is 882. The summed E-state index contributed by atoms with van der Waals surface area (Å²) in [7, 11) is 2.19. The zero-order valence-electron chi connectivity index (χ0n) is 14.8. The molecule has 2 aromatic heterocycles.